The van der Waals surface area contributed by atoms with E-state index < -0.39 is 11.6 Å². The van der Waals surface area contributed by atoms with Crippen molar-refractivity contribution in [2.24, 2.45) is 0 Å². The van der Waals surface area contributed by atoms with Crippen molar-refractivity contribution in [3.05, 3.63) is 33.9 Å². The summed E-state index contributed by atoms with van der Waals surface area (Å²) in [4.78, 5) is 0. The molecule has 0 saturated carbocycles. The minimum atomic E-state index is -0.856. The van der Waals surface area contributed by atoms with Gasteiger partial charge in [0.25, 0.3) is 0 Å². The van der Waals surface area contributed by atoms with Crippen LogP contribution in [0.1, 0.15) is 36.4 Å². The molecule has 0 amide bonds. The largest absolute Gasteiger partial charge is 0.313 e. The number of nitrogens with one attached hydrogen (secondary N) is 1. The van der Waals surface area contributed by atoms with Gasteiger partial charge in [0.05, 0.1) is 0 Å². The predicted octanol–water partition coefficient (Wildman–Crippen LogP) is 3.61. The molecule has 1 N–H and O–H groups in total. The van der Waals surface area contributed by atoms with Crippen LogP contribution in [0.3, 0.4) is 0 Å². The summed E-state index contributed by atoms with van der Waals surface area (Å²) in [5.41, 5.74) is 1.18. The average Bonchev–Trinajstić information content (AvgIpc) is 2.48. The maximum Gasteiger partial charge on any atom is 0.163 e. The van der Waals surface area contributed by atoms with E-state index in [-0.39, 0.29) is 6.04 Å². The number of halogens is 3. The fourth-order valence-electron chi connectivity index (χ4n) is 2.35. The Morgan fingerprint density at radius 2 is 2.12 bits per heavy atom. The van der Waals surface area contributed by atoms with Crippen LogP contribution in [0.25, 0.3) is 0 Å². The monoisotopic (exact) mass is 245 g/mol. The van der Waals surface area contributed by atoms with E-state index in [9.17, 15) is 8.78 Å². The van der Waals surface area contributed by atoms with Crippen LogP contribution < -0.4 is 5.32 Å². The molecule has 0 radical (unpaired) electrons. The Labute approximate surface area is 98.8 Å². The highest BCUT2D eigenvalue weighted by atomic mass is 35.5. The number of hydrogen-bond donors (Lipinski definition) is 1. The van der Waals surface area contributed by atoms with Gasteiger partial charge in [-0.2, -0.15) is 0 Å². The van der Waals surface area contributed by atoms with Crippen LogP contribution in [0, 0.1) is 11.6 Å². The zero-order valence-electron chi connectivity index (χ0n) is 9.12. The molecule has 16 heavy (non-hydrogen) atoms. The maximum absolute atomic E-state index is 13.8. The van der Waals surface area contributed by atoms with Gasteiger partial charge in [-0.3, -0.25) is 0 Å². The summed E-state index contributed by atoms with van der Waals surface area (Å²) in [6.45, 7) is 0. The summed E-state index contributed by atoms with van der Waals surface area (Å²) in [6.07, 6.45) is 3.51. The number of fused-ring (bicyclic) bond motifs is 1. The lowest BCUT2D eigenvalue weighted by atomic mass is 9.98. The first kappa shape index (κ1) is 11.8. The second-order valence-electron chi connectivity index (χ2n) is 4.13. The van der Waals surface area contributed by atoms with E-state index in [1.807, 2.05) is 0 Å². The van der Waals surface area contributed by atoms with Crippen LogP contribution in [0.2, 0.25) is 5.02 Å². The lowest BCUT2D eigenvalue weighted by molar-refractivity contribution is 0.462. The summed E-state index contributed by atoms with van der Waals surface area (Å²) in [5.74, 6) is -1.61. The zero-order chi connectivity index (χ0) is 11.7. The molecule has 88 valence electrons. The first-order valence-electron chi connectivity index (χ1n) is 5.48. The van der Waals surface area contributed by atoms with Crippen molar-refractivity contribution >= 4 is 11.6 Å². The maximum atomic E-state index is 13.8. The molecule has 0 aromatic heterocycles. The molecule has 0 spiro atoms. The van der Waals surface area contributed by atoms with Crippen molar-refractivity contribution in [2.75, 3.05) is 7.05 Å². The van der Waals surface area contributed by atoms with Gasteiger partial charge in [0.15, 0.2) is 11.6 Å². The Morgan fingerprint density at radius 3 is 2.81 bits per heavy atom. The fraction of sp³-hybridized carbons (Fsp3) is 0.500. The third-order valence-corrected chi connectivity index (χ3v) is 3.52. The van der Waals surface area contributed by atoms with Crippen LogP contribution in [0.4, 0.5) is 8.78 Å². The molecule has 0 saturated heterocycles. The third-order valence-electron chi connectivity index (χ3n) is 3.18. The van der Waals surface area contributed by atoms with Crippen LogP contribution in [-0.4, -0.2) is 7.05 Å². The molecule has 1 nitrogen and oxygen atoms in total. The lowest BCUT2D eigenvalue weighted by Gasteiger charge is -2.18. The van der Waals surface area contributed by atoms with Gasteiger partial charge in [0, 0.05) is 16.6 Å². The normalized spacial score (nSPS) is 20.4. The highest BCUT2D eigenvalue weighted by molar-refractivity contribution is 6.31. The average molecular weight is 246 g/mol. The standard InChI is InChI=1S/C12H14ClF2N/c1-16-10-5-3-2-4-7-8(13)6-9(14)12(15)11(7)10/h6,10,16H,2-5H2,1H3. The summed E-state index contributed by atoms with van der Waals surface area (Å²) >= 11 is 5.98. The Morgan fingerprint density at radius 1 is 1.38 bits per heavy atom. The molecular formula is C12H14ClF2N. The van der Waals surface area contributed by atoms with E-state index in [2.05, 4.69) is 5.32 Å². The molecule has 2 rings (SSSR count). The van der Waals surface area contributed by atoms with E-state index in [0.717, 1.165) is 37.3 Å². The number of rotatable bonds is 1. The van der Waals surface area contributed by atoms with Gasteiger partial charge in [-0.15, -0.1) is 0 Å². The Balaban J connectivity index is 2.61. The van der Waals surface area contributed by atoms with Gasteiger partial charge in [0.1, 0.15) is 0 Å². The van der Waals surface area contributed by atoms with Crippen LogP contribution in [-0.2, 0) is 6.42 Å². The molecule has 4 heteroatoms. The SMILES string of the molecule is CNC1CCCCc2c(Cl)cc(F)c(F)c21. The molecule has 1 aromatic rings. The first-order valence-corrected chi connectivity index (χ1v) is 5.86. The number of hydrogen-bond acceptors (Lipinski definition) is 1. The molecular weight excluding hydrogens is 232 g/mol. The van der Waals surface area contributed by atoms with Crippen LogP contribution >= 0.6 is 11.6 Å². The van der Waals surface area contributed by atoms with Crippen molar-refractivity contribution < 1.29 is 8.78 Å². The van der Waals surface area contributed by atoms with Gasteiger partial charge < -0.3 is 5.32 Å². The molecule has 0 bridgehead atoms. The molecule has 0 aliphatic heterocycles. The highest BCUT2D eigenvalue weighted by Crippen LogP contribution is 2.35. The van der Waals surface area contributed by atoms with Crippen molar-refractivity contribution in [2.45, 2.75) is 31.7 Å². The van der Waals surface area contributed by atoms with E-state index in [1.54, 1.807) is 7.05 Å². The Kier molecular flexibility index (Phi) is 3.45. The Bertz CT molecular complexity index is 406. The van der Waals surface area contributed by atoms with Crippen molar-refractivity contribution in [1.82, 2.24) is 5.32 Å². The molecule has 0 fully saturated rings. The van der Waals surface area contributed by atoms with E-state index >= 15 is 0 Å². The van der Waals surface area contributed by atoms with Crippen LogP contribution in [0.15, 0.2) is 6.07 Å². The lowest BCUT2D eigenvalue weighted by Crippen LogP contribution is -2.19. The van der Waals surface area contributed by atoms with E-state index in [0.29, 0.717) is 10.6 Å². The molecule has 1 unspecified atom stereocenters. The first-order chi connectivity index (χ1) is 7.65. The highest BCUT2D eigenvalue weighted by Gasteiger charge is 2.25. The third kappa shape index (κ3) is 1.94. The second kappa shape index (κ2) is 4.68. The number of benzene rings is 1. The topological polar surface area (TPSA) is 12.0 Å². The van der Waals surface area contributed by atoms with Gasteiger partial charge >= 0.3 is 0 Å². The molecule has 1 aliphatic carbocycles. The smallest absolute Gasteiger partial charge is 0.163 e. The zero-order valence-corrected chi connectivity index (χ0v) is 9.87. The minimum absolute atomic E-state index is 0.134. The van der Waals surface area contributed by atoms with Gasteiger partial charge in [-0.1, -0.05) is 18.0 Å². The van der Waals surface area contributed by atoms with E-state index in [4.69, 9.17) is 11.6 Å². The molecule has 0 heterocycles. The fourth-order valence-corrected chi connectivity index (χ4v) is 2.64. The summed E-state index contributed by atoms with van der Waals surface area (Å²) in [6, 6.07) is 0.944. The quantitative estimate of drug-likeness (QED) is 0.589. The van der Waals surface area contributed by atoms with Crippen molar-refractivity contribution in [1.29, 1.82) is 0 Å². The van der Waals surface area contributed by atoms with Crippen molar-refractivity contribution in [3.63, 3.8) is 0 Å². The second-order valence-corrected chi connectivity index (χ2v) is 4.54. The summed E-state index contributed by atoms with van der Waals surface area (Å²) in [5, 5.41) is 3.37. The Hall–Kier alpha value is -0.670. The van der Waals surface area contributed by atoms with Gasteiger partial charge in [0.2, 0.25) is 0 Å². The van der Waals surface area contributed by atoms with E-state index in [1.165, 1.54) is 0 Å². The molecule has 1 aliphatic rings. The molecule has 1 aromatic carbocycles. The van der Waals surface area contributed by atoms with Crippen molar-refractivity contribution in [3.8, 4) is 0 Å². The van der Waals surface area contributed by atoms with Gasteiger partial charge in [-0.25, -0.2) is 8.78 Å². The molecule has 1 atom stereocenters. The minimum Gasteiger partial charge on any atom is -0.313 e. The van der Waals surface area contributed by atoms with Crippen LogP contribution in [0.5, 0.6) is 0 Å². The van der Waals surface area contributed by atoms with Gasteiger partial charge in [-0.05, 0) is 37.9 Å². The predicted molar refractivity (Wildman–Crippen MR) is 60.7 cm³/mol. The summed E-state index contributed by atoms with van der Waals surface area (Å²) in [7, 11) is 1.76. The summed E-state index contributed by atoms with van der Waals surface area (Å²) < 4.78 is 27.1.